The van der Waals surface area contributed by atoms with E-state index in [4.69, 9.17) is 9.84 Å². The van der Waals surface area contributed by atoms with E-state index in [1.54, 1.807) is 0 Å². The van der Waals surface area contributed by atoms with Crippen LogP contribution in [-0.2, 0) is 19.1 Å². The van der Waals surface area contributed by atoms with Gasteiger partial charge in [0.05, 0.1) is 20.3 Å². The van der Waals surface area contributed by atoms with Crippen molar-refractivity contribution in [1.82, 2.24) is 9.80 Å². The number of carboxylic acids is 1. The Morgan fingerprint density at radius 2 is 1.90 bits per heavy atom. The molecule has 1 unspecified atom stereocenters. The maximum Gasteiger partial charge on any atom is 0.331 e. The van der Waals surface area contributed by atoms with Crippen LogP contribution in [0.1, 0.15) is 12.8 Å². The van der Waals surface area contributed by atoms with Crippen LogP contribution in [0.25, 0.3) is 0 Å². The molecule has 8 nitrogen and oxygen atoms in total. The number of urea groups is 1. The summed E-state index contributed by atoms with van der Waals surface area (Å²) in [5.74, 6) is -1.57. The number of esters is 1. The van der Waals surface area contributed by atoms with Gasteiger partial charge in [0.15, 0.2) is 6.04 Å². The standard InChI is InChI=1S/C12H18N2O6/c1-19-11(17)9-7-20-6-5-14(9)12(18)13-4-2-3-8(13)10(15)16/h8-9H,2-7H2,1H3,(H,15,16)/t8-,9?/m1/s1. The molecule has 2 atom stereocenters. The third-order valence-corrected chi connectivity index (χ3v) is 3.63. The van der Waals surface area contributed by atoms with Crippen molar-refractivity contribution in [2.75, 3.05) is 33.4 Å². The number of carbonyl (C=O) groups excluding carboxylic acids is 2. The van der Waals surface area contributed by atoms with Gasteiger partial charge >= 0.3 is 18.0 Å². The predicted octanol–water partition coefficient (Wildman–Crippen LogP) is -0.471. The van der Waals surface area contributed by atoms with E-state index in [0.717, 1.165) is 0 Å². The third-order valence-electron chi connectivity index (χ3n) is 3.63. The zero-order chi connectivity index (χ0) is 14.7. The number of hydrogen-bond acceptors (Lipinski definition) is 5. The molecule has 8 heteroatoms. The van der Waals surface area contributed by atoms with Crippen molar-refractivity contribution in [2.24, 2.45) is 0 Å². The minimum atomic E-state index is -1.02. The third kappa shape index (κ3) is 2.69. The lowest BCUT2D eigenvalue weighted by atomic mass is 10.2. The van der Waals surface area contributed by atoms with Crippen molar-refractivity contribution in [3.8, 4) is 0 Å². The van der Waals surface area contributed by atoms with Crippen LogP contribution in [0.3, 0.4) is 0 Å². The van der Waals surface area contributed by atoms with E-state index in [-0.39, 0.29) is 13.2 Å². The van der Waals surface area contributed by atoms with Crippen molar-refractivity contribution < 1.29 is 29.0 Å². The quantitative estimate of drug-likeness (QED) is 0.689. The molecule has 0 aromatic carbocycles. The molecule has 112 valence electrons. The molecule has 0 bridgehead atoms. The van der Waals surface area contributed by atoms with E-state index in [9.17, 15) is 14.4 Å². The summed E-state index contributed by atoms with van der Waals surface area (Å²) >= 11 is 0. The molecule has 0 aromatic rings. The van der Waals surface area contributed by atoms with Crippen molar-refractivity contribution in [3.63, 3.8) is 0 Å². The molecule has 0 radical (unpaired) electrons. The van der Waals surface area contributed by atoms with Gasteiger partial charge in [-0.25, -0.2) is 14.4 Å². The number of rotatable bonds is 2. The SMILES string of the molecule is COC(=O)C1COCCN1C(=O)N1CCC[C@@H]1C(=O)O. The lowest BCUT2D eigenvalue weighted by molar-refractivity contribution is -0.151. The van der Waals surface area contributed by atoms with Crippen LogP contribution >= 0.6 is 0 Å². The van der Waals surface area contributed by atoms with Gasteiger partial charge in [-0.3, -0.25) is 0 Å². The number of hydrogen-bond donors (Lipinski definition) is 1. The summed E-state index contributed by atoms with van der Waals surface area (Å²) in [6, 6.07) is -2.06. The predicted molar refractivity (Wildman–Crippen MR) is 66.1 cm³/mol. The summed E-state index contributed by atoms with van der Waals surface area (Å²) in [5.41, 5.74) is 0. The van der Waals surface area contributed by atoms with E-state index >= 15 is 0 Å². The zero-order valence-electron chi connectivity index (χ0n) is 11.3. The molecule has 2 fully saturated rings. The summed E-state index contributed by atoms with van der Waals surface area (Å²) in [5, 5.41) is 9.12. The molecule has 2 amide bonds. The summed E-state index contributed by atoms with van der Waals surface area (Å²) < 4.78 is 9.85. The maximum absolute atomic E-state index is 12.5. The minimum Gasteiger partial charge on any atom is -0.480 e. The topological polar surface area (TPSA) is 96.4 Å². The second-order valence-corrected chi connectivity index (χ2v) is 4.78. The Balaban J connectivity index is 2.13. The number of aliphatic carboxylic acids is 1. The van der Waals surface area contributed by atoms with E-state index in [0.29, 0.717) is 26.0 Å². The molecule has 2 rings (SSSR count). The highest BCUT2D eigenvalue weighted by Gasteiger charge is 2.41. The number of likely N-dealkylation sites (tertiary alicyclic amines) is 1. The van der Waals surface area contributed by atoms with Gasteiger partial charge in [0.1, 0.15) is 6.04 Å². The summed E-state index contributed by atoms with van der Waals surface area (Å²) in [6.07, 6.45) is 1.09. The zero-order valence-corrected chi connectivity index (χ0v) is 11.3. The van der Waals surface area contributed by atoms with E-state index in [2.05, 4.69) is 4.74 Å². The molecule has 1 N–H and O–H groups in total. The van der Waals surface area contributed by atoms with Gasteiger partial charge in [-0.05, 0) is 12.8 Å². The molecule has 2 saturated heterocycles. The van der Waals surface area contributed by atoms with Gasteiger partial charge in [-0.15, -0.1) is 0 Å². The van der Waals surface area contributed by atoms with Crippen molar-refractivity contribution in [3.05, 3.63) is 0 Å². The second kappa shape index (κ2) is 6.08. The minimum absolute atomic E-state index is 0.0734. The first-order chi connectivity index (χ1) is 9.56. The molecule has 2 aliphatic rings. The summed E-state index contributed by atoms with van der Waals surface area (Å²) in [6.45, 7) is 1.04. The molecule has 0 aromatic heterocycles. The van der Waals surface area contributed by atoms with Crippen LogP contribution < -0.4 is 0 Å². The van der Waals surface area contributed by atoms with Gasteiger partial charge in [0.2, 0.25) is 0 Å². The highest BCUT2D eigenvalue weighted by molar-refractivity contribution is 5.87. The average molecular weight is 286 g/mol. The summed E-state index contributed by atoms with van der Waals surface area (Å²) in [7, 11) is 1.25. The smallest absolute Gasteiger partial charge is 0.331 e. The first kappa shape index (κ1) is 14.6. The van der Waals surface area contributed by atoms with Crippen LogP contribution in [0.2, 0.25) is 0 Å². The Morgan fingerprint density at radius 3 is 2.55 bits per heavy atom. The highest BCUT2D eigenvalue weighted by atomic mass is 16.5. The van der Waals surface area contributed by atoms with Crippen LogP contribution in [0.5, 0.6) is 0 Å². The van der Waals surface area contributed by atoms with Crippen molar-refractivity contribution in [2.45, 2.75) is 24.9 Å². The van der Waals surface area contributed by atoms with Crippen LogP contribution in [0.15, 0.2) is 0 Å². The first-order valence-electron chi connectivity index (χ1n) is 6.52. The molecule has 2 aliphatic heterocycles. The average Bonchev–Trinajstić information content (AvgIpc) is 2.95. The molecule has 0 saturated carbocycles. The van der Waals surface area contributed by atoms with E-state index in [1.165, 1.54) is 16.9 Å². The van der Waals surface area contributed by atoms with Crippen LogP contribution in [0.4, 0.5) is 4.79 Å². The number of carbonyl (C=O) groups is 3. The number of methoxy groups -OCH3 is 1. The normalized spacial score (nSPS) is 26.4. The molecular weight excluding hydrogens is 268 g/mol. The van der Waals surface area contributed by atoms with E-state index < -0.39 is 30.1 Å². The fourth-order valence-corrected chi connectivity index (χ4v) is 2.58. The molecular formula is C12H18N2O6. The van der Waals surface area contributed by atoms with Gasteiger partial charge in [0.25, 0.3) is 0 Å². The summed E-state index contributed by atoms with van der Waals surface area (Å²) in [4.78, 5) is 37.9. The number of nitrogens with zero attached hydrogens (tertiary/aromatic N) is 2. The Bertz CT molecular complexity index is 413. The van der Waals surface area contributed by atoms with Crippen molar-refractivity contribution in [1.29, 1.82) is 0 Å². The Labute approximate surface area is 116 Å². The molecule has 0 aliphatic carbocycles. The lowest BCUT2D eigenvalue weighted by Gasteiger charge is -2.37. The number of morpholine rings is 1. The van der Waals surface area contributed by atoms with E-state index in [1.807, 2.05) is 0 Å². The molecule has 20 heavy (non-hydrogen) atoms. The Morgan fingerprint density at radius 1 is 1.20 bits per heavy atom. The van der Waals surface area contributed by atoms with Gasteiger partial charge in [-0.1, -0.05) is 0 Å². The lowest BCUT2D eigenvalue weighted by Crippen LogP contribution is -2.58. The number of carboxylic acid groups (broad SMARTS) is 1. The fourth-order valence-electron chi connectivity index (χ4n) is 2.58. The first-order valence-corrected chi connectivity index (χ1v) is 6.52. The van der Waals surface area contributed by atoms with Crippen LogP contribution in [-0.4, -0.2) is 78.4 Å². The van der Waals surface area contributed by atoms with Gasteiger partial charge in [-0.2, -0.15) is 0 Å². The van der Waals surface area contributed by atoms with Gasteiger partial charge in [0, 0.05) is 13.1 Å². The Kier molecular flexibility index (Phi) is 4.43. The maximum atomic E-state index is 12.5. The largest absolute Gasteiger partial charge is 0.480 e. The number of ether oxygens (including phenoxy) is 2. The molecule has 0 spiro atoms. The van der Waals surface area contributed by atoms with Crippen molar-refractivity contribution >= 4 is 18.0 Å². The second-order valence-electron chi connectivity index (χ2n) is 4.78. The number of amides is 2. The highest BCUT2D eigenvalue weighted by Crippen LogP contribution is 2.21. The van der Waals surface area contributed by atoms with Crippen LogP contribution in [0, 0.1) is 0 Å². The fraction of sp³-hybridized carbons (Fsp3) is 0.750. The molecule has 2 heterocycles. The monoisotopic (exact) mass is 286 g/mol. The Hall–Kier alpha value is -1.83. The van der Waals surface area contributed by atoms with Gasteiger partial charge < -0.3 is 24.4 Å².